The molecule has 65 heavy (non-hydrogen) atoms. The predicted molar refractivity (Wildman–Crippen MR) is 243 cm³/mol. The second kappa shape index (κ2) is 24.4. The molecule has 10 atom stereocenters. The second-order valence-electron chi connectivity index (χ2n) is 16.2. The van der Waals surface area contributed by atoms with Gasteiger partial charge >= 0.3 is 0 Å². The lowest BCUT2D eigenvalue weighted by Gasteiger charge is -2.49. The van der Waals surface area contributed by atoms with E-state index in [0.29, 0.717) is 6.61 Å². The molecule has 2 N–H and O–H groups in total. The largest absolute Gasteiger partial charge is 0.385 e. The Labute approximate surface area is 381 Å². The molecule has 2 fully saturated rings. The maximum Gasteiger partial charge on any atom is 0.187 e. The fourth-order valence-electron chi connectivity index (χ4n) is 8.04. The summed E-state index contributed by atoms with van der Waals surface area (Å²) in [6.07, 6.45) is -10.4. The number of aliphatic hydroxyl groups excluding tert-OH is 2. The Kier molecular flexibility index (Phi) is 17.4. The molecular weight excluding hydrogens is 825 g/mol. The van der Waals surface area contributed by atoms with Gasteiger partial charge in [-0.1, -0.05) is 182 Å². The Bertz CT molecular complexity index is 2210. The van der Waals surface area contributed by atoms with Crippen LogP contribution < -0.4 is 0 Å². The van der Waals surface area contributed by atoms with Crippen LogP contribution in [-0.4, -0.2) is 84.8 Å². The number of rotatable bonds is 22. The zero-order valence-electron chi connectivity index (χ0n) is 36.3. The first-order valence-electron chi connectivity index (χ1n) is 22.3. The summed E-state index contributed by atoms with van der Waals surface area (Å²) in [6, 6.07) is 59.0. The van der Waals surface area contributed by atoms with Gasteiger partial charge in [-0.25, -0.2) is 0 Å². The lowest BCUT2D eigenvalue weighted by atomic mass is 9.96. The van der Waals surface area contributed by atoms with Crippen LogP contribution in [0.2, 0.25) is 0 Å². The van der Waals surface area contributed by atoms with E-state index in [1.807, 2.05) is 182 Å². The summed E-state index contributed by atoms with van der Waals surface area (Å²) in [5, 5.41) is 22.8. The van der Waals surface area contributed by atoms with E-state index < -0.39 is 61.4 Å². The van der Waals surface area contributed by atoms with Crippen molar-refractivity contribution in [3.05, 3.63) is 215 Å². The predicted octanol–water partition coefficient (Wildman–Crippen LogP) is 7.95. The molecule has 2 saturated heterocycles. The minimum atomic E-state index is -1.59. The molecule has 0 radical (unpaired) electrons. The third-order valence-corrected chi connectivity index (χ3v) is 11.4. The number of benzene rings is 6. The minimum Gasteiger partial charge on any atom is -0.385 e. The summed E-state index contributed by atoms with van der Waals surface area (Å²) in [5.41, 5.74) is 5.70. The molecule has 11 heteroatoms. The summed E-state index contributed by atoms with van der Waals surface area (Å²) in [4.78, 5) is 0. The minimum absolute atomic E-state index is 0.00282. The highest BCUT2D eigenvalue weighted by Gasteiger charge is 2.53. The summed E-state index contributed by atoms with van der Waals surface area (Å²) >= 11 is 0. The van der Waals surface area contributed by atoms with Crippen molar-refractivity contribution in [3.8, 4) is 0 Å². The number of aliphatic hydroxyl groups is 2. The van der Waals surface area contributed by atoms with Gasteiger partial charge < -0.3 is 52.8 Å². The van der Waals surface area contributed by atoms with Crippen molar-refractivity contribution in [2.45, 2.75) is 101 Å². The monoisotopic (exact) mass is 882 g/mol. The Morgan fingerprint density at radius 1 is 0.338 bits per heavy atom. The van der Waals surface area contributed by atoms with Gasteiger partial charge in [-0.05, 0) is 33.4 Å². The van der Waals surface area contributed by atoms with Crippen molar-refractivity contribution in [1.29, 1.82) is 0 Å². The van der Waals surface area contributed by atoms with Crippen molar-refractivity contribution in [3.63, 3.8) is 0 Å². The summed E-state index contributed by atoms with van der Waals surface area (Å²) < 4.78 is 60.1. The highest BCUT2D eigenvalue weighted by atomic mass is 16.7. The van der Waals surface area contributed by atoms with Crippen LogP contribution in [0.15, 0.2) is 182 Å². The normalized spacial score (nSPS) is 25.6. The molecule has 0 saturated carbocycles. The molecule has 2 aliphatic heterocycles. The zero-order chi connectivity index (χ0) is 44.5. The molecule has 0 spiro atoms. The number of hydrogen-bond acceptors (Lipinski definition) is 11. The van der Waals surface area contributed by atoms with Gasteiger partial charge in [0.2, 0.25) is 0 Å². The Hall–Kier alpha value is -5.12. The average molecular weight is 883 g/mol. The van der Waals surface area contributed by atoms with Crippen LogP contribution in [-0.2, 0) is 82.3 Å². The molecule has 2 aliphatic rings. The van der Waals surface area contributed by atoms with E-state index in [0.717, 1.165) is 33.4 Å². The van der Waals surface area contributed by atoms with Crippen LogP contribution in [0.3, 0.4) is 0 Å². The summed E-state index contributed by atoms with van der Waals surface area (Å²) in [5.74, 6) is 0. The standard InChI is InChI=1S/C54H58O11/c55-47-50(60-34-42-25-13-4-14-26-42)49(46(63-53(47)56)38-58-32-40-21-9-2-10-22-40)65-54-52(62-36-44-29-17-6-18-30-44)51(61-35-43-27-15-5-16-28-43)48(59-33-41-23-11-3-12-24-41)45(64-54)37-57-31-39-19-7-1-8-20-39/h1-30,45-56H,31-38H2. The van der Waals surface area contributed by atoms with Crippen LogP contribution in [0.1, 0.15) is 33.4 Å². The van der Waals surface area contributed by atoms with E-state index in [4.69, 9.17) is 42.6 Å². The van der Waals surface area contributed by atoms with E-state index in [2.05, 4.69) is 0 Å². The highest BCUT2D eigenvalue weighted by molar-refractivity contribution is 5.18. The van der Waals surface area contributed by atoms with E-state index in [1.54, 1.807) is 0 Å². The second-order valence-corrected chi connectivity index (χ2v) is 16.2. The van der Waals surface area contributed by atoms with Crippen molar-refractivity contribution in [2.75, 3.05) is 13.2 Å². The molecule has 8 rings (SSSR count). The molecule has 10 unspecified atom stereocenters. The maximum absolute atomic E-state index is 11.7. The van der Waals surface area contributed by atoms with Crippen molar-refractivity contribution in [1.82, 2.24) is 0 Å². The van der Waals surface area contributed by atoms with Crippen LogP contribution in [0, 0.1) is 0 Å². The van der Waals surface area contributed by atoms with Crippen molar-refractivity contribution < 1.29 is 52.8 Å². The lowest BCUT2D eigenvalue weighted by molar-refractivity contribution is -0.371. The average Bonchev–Trinajstić information content (AvgIpc) is 3.35. The third-order valence-electron chi connectivity index (χ3n) is 11.4. The fraction of sp³-hybridized carbons (Fsp3) is 0.333. The first-order chi connectivity index (χ1) is 32.1. The van der Waals surface area contributed by atoms with E-state index >= 15 is 0 Å². The molecule has 2 heterocycles. The van der Waals surface area contributed by atoms with Gasteiger partial charge in [0.1, 0.15) is 48.8 Å². The lowest BCUT2D eigenvalue weighted by Crippen LogP contribution is -2.66. The molecule has 0 aromatic heterocycles. The molecule has 340 valence electrons. The zero-order valence-corrected chi connectivity index (χ0v) is 36.3. The number of hydrogen-bond donors (Lipinski definition) is 2. The van der Waals surface area contributed by atoms with Gasteiger partial charge in [-0.3, -0.25) is 0 Å². The fourth-order valence-corrected chi connectivity index (χ4v) is 8.04. The Morgan fingerprint density at radius 2 is 0.662 bits per heavy atom. The van der Waals surface area contributed by atoms with Gasteiger partial charge in [-0.2, -0.15) is 0 Å². The molecule has 11 nitrogen and oxygen atoms in total. The van der Waals surface area contributed by atoms with E-state index in [-0.39, 0.29) is 46.2 Å². The van der Waals surface area contributed by atoms with Gasteiger partial charge in [0, 0.05) is 0 Å². The molecular formula is C54H58O11. The van der Waals surface area contributed by atoms with Gasteiger partial charge in [0.05, 0.1) is 52.9 Å². The molecule has 0 amide bonds. The van der Waals surface area contributed by atoms with Crippen LogP contribution in [0.25, 0.3) is 0 Å². The molecule has 0 aliphatic carbocycles. The highest BCUT2D eigenvalue weighted by Crippen LogP contribution is 2.35. The summed E-state index contributed by atoms with van der Waals surface area (Å²) in [7, 11) is 0. The molecule has 0 bridgehead atoms. The van der Waals surface area contributed by atoms with E-state index in [9.17, 15) is 10.2 Å². The van der Waals surface area contributed by atoms with Crippen LogP contribution in [0.5, 0.6) is 0 Å². The van der Waals surface area contributed by atoms with Gasteiger partial charge in [0.15, 0.2) is 12.6 Å². The van der Waals surface area contributed by atoms with Crippen molar-refractivity contribution >= 4 is 0 Å². The van der Waals surface area contributed by atoms with Crippen LogP contribution >= 0.6 is 0 Å². The van der Waals surface area contributed by atoms with Crippen molar-refractivity contribution in [2.24, 2.45) is 0 Å². The SMILES string of the molecule is OC1OC(COCc2ccccc2)C(OC2OC(COCc3ccccc3)C(OCc3ccccc3)C(OCc3ccccc3)C2OCc2ccccc2)C(OCc2ccccc2)C1O. The van der Waals surface area contributed by atoms with Gasteiger partial charge in [0.25, 0.3) is 0 Å². The Balaban J connectivity index is 1.15. The maximum atomic E-state index is 11.7. The molecule has 6 aromatic carbocycles. The van der Waals surface area contributed by atoms with Gasteiger partial charge in [-0.15, -0.1) is 0 Å². The smallest absolute Gasteiger partial charge is 0.187 e. The quantitative estimate of drug-likeness (QED) is 0.0691. The van der Waals surface area contributed by atoms with E-state index in [1.165, 1.54) is 0 Å². The topological polar surface area (TPSA) is 124 Å². The first kappa shape index (κ1) is 46.4. The number of ether oxygens (including phenoxy) is 9. The first-order valence-corrected chi connectivity index (χ1v) is 22.3. The third kappa shape index (κ3) is 13.5. The Morgan fingerprint density at radius 3 is 1.06 bits per heavy atom. The van der Waals surface area contributed by atoms with Crippen LogP contribution in [0.4, 0.5) is 0 Å². The summed E-state index contributed by atoms with van der Waals surface area (Å²) in [6.45, 7) is 1.55. The molecule has 6 aromatic rings.